The minimum absolute atomic E-state index is 0.0461. The molecule has 0 fully saturated rings. The fourth-order valence-corrected chi connectivity index (χ4v) is 3.76. The van der Waals surface area contributed by atoms with Gasteiger partial charge in [0.25, 0.3) is 5.91 Å². The summed E-state index contributed by atoms with van der Waals surface area (Å²) in [5.41, 5.74) is 9.51. The number of nitrogens with two attached hydrogens (primary N) is 1. The van der Waals surface area contributed by atoms with Crippen LogP contribution in [0.4, 0.5) is 11.4 Å². The fraction of sp³-hybridized carbons (Fsp3) is 0.200. The molecule has 0 atom stereocenters. The molecule has 3 amide bonds. The van der Waals surface area contributed by atoms with Crippen molar-refractivity contribution in [2.45, 2.75) is 13.3 Å². The van der Waals surface area contributed by atoms with Crippen LogP contribution in [0.25, 0.3) is 10.4 Å². The fourth-order valence-electron chi connectivity index (χ4n) is 3.03. The van der Waals surface area contributed by atoms with E-state index in [2.05, 4.69) is 10.6 Å². The lowest BCUT2D eigenvalue weighted by atomic mass is 10.1. The maximum atomic E-state index is 12.7. The van der Waals surface area contributed by atoms with E-state index in [0.29, 0.717) is 36.4 Å². The van der Waals surface area contributed by atoms with Crippen LogP contribution in [0.5, 0.6) is 0 Å². The average molecular weight is 464 g/mol. The monoisotopic (exact) mass is 463 g/mol. The van der Waals surface area contributed by atoms with E-state index in [9.17, 15) is 14.4 Å². The predicted octanol–water partition coefficient (Wildman–Crippen LogP) is 3.59. The van der Waals surface area contributed by atoms with Crippen LogP contribution in [-0.4, -0.2) is 42.8 Å². The molecular weight excluding hydrogens is 436 g/mol. The number of benzene rings is 2. The minimum atomic E-state index is -0.257. The molecule has 7 nitrogen and oxygen atoms in total. The second-order valence-electron chi connectivity index (χ2n) is 7.57. The van der Waals surface area contributed by atoms with Gasteiger partial charge in [-0.25, -0.2) is 0 Å². The van der Waals surface area contributed by atoms with Gasteiger partial charge in [0.1, 0.15) is 0 Å². The number of carbonyl (C=O) groups excluding carboxylic acids is 3. The molecule has 0 saturated heterocycles. The molecule has 0 spiro atoms. The normalized spacial score (nSPS) is 10.5. The number of thiophene rings is 1. The van der Waals surface area contributed by atoms with E-state index >= 15 is 0 Å². The number of nitrogen functional groups attached to an aromatic ring is 1. The van der Waals surface area contributed by atoms with E-state index in [0.717, 1.165) is 16.0 Å². The van der Waals surface area contributed by atoms with Crippen LogP contribution in [0.2, 0.25) is 0 Å². The number of rotatable bonds is 9. The highest BCUT2D eigenvalue weighted by Gasteiger charge is 2.11. The predicted molar refractivity (Wildman–Crippen MR) is 133 cm³/mol. The first-order chi connectivity index (χ1) is 15.8. The Labute approximate surface area is 197 Å². The van der Waals surface area contributed by atoms with Gasteiger partial charge < -0.3 is 21.3 Å². The van der Waals surface area contributed by atoms with Crippen LogP contribution in [-0.2, 0) is 16.0 Å². The summed E-state index contributed by atoms with van der Waals surface area (Å²) in [5, 5.41) is 7.63. The summed E-state index contributed by atoms with van der Waals surface area (Å²) < 4.78 is 0. The second kappa shape index (κ2) is 11.3. The molecule has 1 radical (unpaired) electrons. The molecule has 4 N–H and O–H groups in total. The molecule has 1 heterocycles. The van der Waals surface area contributed by atoms with Crippen molar-refractivity contribution in [2.75, 3.05) is 31.2 Å². The van der Waals surface area contributed by atoms with Gasteiger partial charge in [-0.1, -0.05) is 24.3 Å². The summed E-state index contributed by atoms with van der Waals surface area (Å²) in [6, 6.07) is 16.6. The summed E-state index contributed by atoms with van der Waals surface area (Å²) in [6.45, 7) is 2.33. The Morgan fingerprint density at radius 1 is 1.09 bits per heavy atom. The van der Waals surface area contributed by atoms with Gasteiger partial charge in [0.2, 0.25) is 11.8 Å². The van der Waals surface area contributed by atoms with E-state index in [1.807, 2.05) is 41.8 Å². The second-order valence-corrected chi connectivity index (χ2v) is 8.52. The maximum absolute atomic E-state index is 12.7. The Hall–Kier alpha value is -3.65. The van der Waals surface area contributed by atoms with E-state index in [-0.39, 0.29) is 17.7 Å². The van der Waals surface area contributed by atoms with Gasteiger partial charge in [-0.15, -0.1) is 11.3 Å². The standard InChI is InChI=1S/C25H27N4O3S/c1-17(30)29(2)14-13-27-24(31)12-7-18-5-8-19(9-6-18)25(32)28-22-16-20(10-11-21(22)26)23-4-3-15-33-23/h3-6,8-12,15-16H,7,13-14,26H2,1-2H3,(H,27,31)(H,28,32). The number of amides is 3. The first-order valence-corrected chi connectivity index (χ1v) is 11.4. The Morgan fingerprint density at radius 3 is 2.52 bits per heavy atom. The number of anilines is 2. The van der Waals surface area contributed by atoms with E-state index in [1.54, 1.807) is 43.0 Å². The quantitative estimate of drug-likeness (QED) is 0.422. The zero-order chi connectivity index (χ0) is 23.8. The molecule has 0 unspecified atom stereocenters. The highest BCUT2D eigenvalue weighted by Crippen LogP contribution is 2.30. The number of nitrogens with zero attached hydrogens (tertiary/aromatic N) is 1. The lowest BCUT2D eigenvalue weighted by Gasteiger charge is -2.14. The molecule has 171 valence electrons. The summed E-state index contributed by atoms with van der Waals surface area (Å²) in [7, 11) is 1.69. The topological polar surface area (TPSA) is 105 Å². The largest absolute Gasteiger partial charge is 0.397 e. The summed E-state index contributed by atoms with van der Waals surface area (Å²) in [4.78, 5) is 38.4. The van der Waals surface area contributed by atoms with Gasteiger partial charge >= 0.3 is 0 Å². The zero-order valence-corrected chi connectivity index (χ0v) is 19.4. The summed E-state index contributed by atoms with van der Waals surface area (Å²) in [5.74, 6) is -0.502. The molecule has 0 aliphatic rings. The minimum Gasteiger partial charge on any atom is -0.397 e. The van der Waals surface area contributed by atoms with Crippen LogP contribution in [0.3, 0.4) is 0 Å². The van der Waals surface area contributed by atoms with Crippen molar-refractivity contribution in [1.29, 1.82) is 0 Å². The average Bonchev–Trinajstić information content (AvgIpc) is 3.34. The van der Waals surface area contributed by atoms with Gasteiger partial charge in [0, 0.05) is 37.5 Å². The van der Waals surface area contributed by atoms with Gasteiger partial charge in [-0.05, 0) is 53.3 Å². The van der Waals surface area contributed by atoms with Crippen molar-refractivity contribution < 1.29 is 14.4 Å². The van der Waals surface area contributed by atoms with Crippen LogP contribution < -0.4 is 16.4 Å². The van der Waals surface area contributed by atoms with Crippen molar-refractivity contribution >= 4 is 40.4 Å². The van der Waals surface area contributed by atoms with E-state index in [4.69, 9.17) is 5.73 Å². The third-order valence-electron chi connectivity index (χ3n) is 5.13. The van der Waals surface area contributed by atoms with Gasteiger partial charge in [-0.2, -0.15) is 0 Å². The Bertz CT molecular complexity index is 1110. The molecule has 0 saturated carbocycles. The number of hydrogen-bond donors (Lipinski definition) is 3. The molecular formula is C25H27N4O3S. The van der Waals surface area contributed by atoms with E-state index < -0.39 is 0 Å². The SMILES string of the molecule is CC(=O)N(C)CCNC(=O)[CH]Cc1ccc(C(=O)Nc2cc(-c3cccs3)ccc2N)cc1. The van der Waals surface area contributed by atoms with Crippen molar-refractivity contribution in [3.05, 3.63) is 77.5 Å². The number of nitrogens with one attached hydrogen (secondary N) is 2. The summed E-state index contributed by atoms with van der Waals surface area (Å²) in [6.07, 6.45) is 1.98. The third kappa shape index (κ3) is 6.92. The Morgan fingerprint density at radius 2 is 1.85 bits per heavy atom. The van der Waals surface area contributed by atoms with Gasteiger partial charge in [0.15, 0.2) is 0 Å². The van der Waals surface area contributed by atoms with Crippen molar-refractivity contribution in [3.8, 4) is 10.4 Å². The van der Waals surface area contributed by atoms with Crippen molar-refractivity contribution in [1.82, 2.24) is 10.2 Å². The molecule has 0 aliphatic carbocycles. The third-order valence-corrected chi connectivity index (χ3v) is 6.05. The van der Waals surface area contributed by atoms with Crippen molar-refractivity contribution in [2.24, 2.45) is 0 Å². The molecule has 2 aromatic carbocycles. The highest BCUT2D eigenvalue weighted by molar-refractivity contribution is 7.13. The highest BCUT2D eigenvalue weighted by atomic mass is 32.1. The van der Waals surface area contributed by atoms with Crippen LogP contribution in [0, 0.1) is 6.42 Å². The smallest absolute Gasteiger partial charge is 0.255 e. The van der Waals surface area contributed by atoms with Crippen molar-refractivity contribution in [3.63, 3.8) is 0 Å². The molecule has 0 aliphatic heterocycles. The first-order valence-electron chi connectivity index (χ1n) is 10.5. The van der Waals surface area contributed by atoms with E-state index in [1.165, 1.54) is 11.8 Å². The Kier molecular flexibility index (Phi) is 8.21. The molecule has 0 bridgehead atoms. The first kappa shape index (κ1) is 24.0. The number of carbonyl (C=O) groups is 3. The molecule has 8 heteroatoms. The molecule has 1 aromatic heterocycles. The maximum Gasteiger partial charge on any atom is 0.255 e. The van der Waals surface area contributed by atoms with Gasteiger partial charge in [-0.3, -0.25) is 14.4 Å². The lowest BCUT2D eigenvalue weighted by Crippen LogP contribution is -2.35. The lowest BCUT2D eigenvalue weighted by molar-refractivity contribution is -0.128. The Balaban J connectivity index is 1.52. The molecule has 3 aromatic rings. The van der Waals surface area contributed by atoms with Crippen LogP contribution >= 0.6 is 11.3 Å². The molecule has 3 rings (SSSR count). The zero-order valence-electron chi connectivity index (χ0n) is 18.6. The number of hydrogen-bond acceptors (Lipinski definition) is 5. The van der Waals surface area contributed by atoms with Gasteiger partial charge in [0.05, 0.1) is 17.8 Å². The summed E-state index contributed by atoms with van der Waals surface area (Å²) >= 11 is 1.62. The van der Waals surface area contributed by atoms with Crippen LogP contribution in [0.1, 0.15) is 22.8 Å². The van der Waals surface area contributed by atoms with Crippen LogP contribution in [0.15, 0.2) is 60.0 Å². The molecule has 33 heavy (non-hydrogen) atoms. The number of likely N-dealkylation sites (N-methyl/N-ethyl adjacent to an activating group) is 1.